The zero-order valence-corrected chi connectivity index (χ0v) is 10.5. The van der Waals surface area contributed by atoms with Gasteiger partial charge in [0.2, 0.25) is 0 Å². The highest BCUT2D eigenvalue weighted by molar-refractivity contribution is 5.83. The molecule has 1 aromatic rings. The molecule has 1 N–H and O–H groups in total. The van der Waals surface area contributed by atoms with Crippen molar-refractivity contribution in [1.82, 2.24) is 4.98 Å². The summed E-state index contributed by atoms with van der Waals surface area (Å²) in [7, 11) is 0. The zero-order chi connectivity index (χ0) is 12.5. The number of unbranched alkanes of at least 4 members (excludes halogenated alkanes) is 3. The van der Waals surface area contributed by atoms with Crippen molar-refractivity contribution in [3.63, 3.8) is 0 Å². The van der Waals surface area contributed by atoms with Crippen molar-refractivity contribution in [3.05, 3.63) is 23.9 Å². The SMILES string of the molecule is CCCCCCOC(=O)Nc1cc(C)ccn1. The standard InChI is InChI=1S/C13H20N2O2/c1-3-4-5-6-9-17-13(16)15-12-10-11(2)7-8-14-12/h7-8,10H,3-6,9H2,1-2H3,(H,14,15,16). The Morgan fingerprint density at radius 3 is 2.94 bits per heavy atom. The van der Waals surface area contributed by atoms with Gasteiger partial charge in [-0.25, -0.2) is 9.78 Å². The summed E-state index contributed by atoms with van der Waals surface area (Å²) in [5, 5.41) is 2.60. The molecule has 0 aliphatic heterocycles. The van der Waals surface area contributed by atoms with E-state index in [0.29, 0.717) is 12.4 Å². The number of rotatable bonds is 6. The third-order valence-electron chi connectivity index (χ3n) is 2.38. The van der Waals surface area contributed by atoms with Gasteiger partial charge in [-0.3, -0.25) is 5.32 Å². The third-order valence-corrected chi connectivity index (χ3v) is 2.38. The van der Waals surface area contributed by atoms with E-state index in [4.69, 9.17) is 4.74 Å². The average molecular weight is 236 g/mol. The monoisotopic (exact) mass is 236 g/mol. The van der Waals surface area contributed by atoms with Crippen LogP contribution in [0.1, 0.15) is 38.2 Å². The van der Waals surface area contributed by atoms with Crippen LogP contribution in [-0.2, 0) is 4.74 Å². The van der Waals surface area contributed by atoms with E-state index in [1.807, 2.05) is 13.0 Å². The van der Waals surface area contributed by atoms with E-state index < -0.39 is 6.09 Å². The molecular formula is C13H20N2O2. The molecule has 0 aliphatic carbocycles. The van der Waals surface area contributed by atoms with Crippen molar-refractivity contribution in [1.29, 1.82) is 0 Å². The highest BCUT2D eigenvalue weighted by Crippen LogP contribution is 2.06. The van der Waals surface area contributed by atoms with Crippen molar-refractivity contribution < 1.29 is 9.53 Å². The van der Waals surface area contributed by atoms with E-state index in [2.05, 4.69) is 17.2 Å². The van der Waals surface area contributed by atoms with Crippen LogP contribution in [0.5, 0.6) is 0 Å². The minimum atomic E-state index is -0.431. The third kappa shape index (κ3) is 5.90. The first-order valence-corrected chi connectivity index (χ1v) is 6.09. The van der Waals surface area contributed by atoms with Gasteiger partial charge in [0.25, 0.3) is 0 Å². The van der Waals surface area contributed by atoms with Crippen LogP contribution in [0.3, 0.4) is 0 Å². The minimum absolute atomic E-state index is 0.431. The predicted molar refractivity (Wildman–Crippen MR) is 68.1 cm³/mol. The molecule has 1 amide bonds. The molecule has 94 valence electrons. The number of nitrogens with zero attached hydrogens (tertiary/aromatic N) is 1. The lowest BCUT2D eigenvalue weighted by atomic mass is 10.2. The number of carbonyl (C=O) groups excluding carboxylic acids is 1. The Morgan fingerprint density at radius 2 is 2.24 bits per heavy atom. The van der Waals surface area contributed by atoms with Gasteiger partial charge in [0.15, 0.2) is 0 Å². The van der Waals surface area contributed by atoms with Crippen LogP contribution in [0.25, 0.3) is 0 Å². The number of carbonyl (C=O) groups is 1. The molecule has 0 radical (unpaired) electrons. The lowest BCUT2D eigenvalue weighted by Gasteiger charge is -2.06. The van der Waals surface area contributed by atoms with E-state index >= 15 is 0 Å². The highest BCUT2D eigenvalue weighted by Gasteiger charge is 2.03. The van der Waals surface area contributed by atoms with Gasteiger partial charge >= 0.3 is 6.09 Å². The van der Waals surface area contributed by atoms with E-state index in [1.165, 1.54) is 12.8 Å². The first kappa shape index (κ1) is 13.5. The van der Waals surface area contributed by atoms with Gasteiger partial charge in [-0.1, -0.05) is 26.2 Å². The van der Waals surface area contributed by atoms with Crippen LogP contribution in [0.2, 0.25) is 0 Å². The van der Waals surface area contributed by atoms with Crippen molar-refractivity contribution in [3.8, 4) is 0 Å². The maximum absolute atomic E-state index is 11.4. The van der Waals surface area contributed by atoms with Crippen molar-refractivity contribution in [2.24, 2.45) is 0 Å². The van der Waals surface area contributed by atoms with Gasteiger partial charge in [0, 0.05) is 6.20 Å². The maximum atomic E-state index is 11.4. The summed E-state index contributed by atoms with van der Waals surface area (Å²) >= 11 is 0. The summed E-state index contributed by atoms with van der Waals surface area (Å²) in [6.45, 7) is 4.57. The van der Waals surface area contributed by atoms with Crippen molar-refractivity contribution in [2.75, 3.05) is 11.9 Å². The number of aryl methyl sites for hydroxylation is 1. The molecule has 0 aromatic carbocycles. The Kier molecular flexibility index (Phi) is 6.07. The molecule has 0 saturated carbocycles. The summed E-state index contributed by atoms with van der Waals surface area (Å²) in [5.74, 6) is 0.531. The summed E-state index contributed by atoms with van der Waals surface area (Å²) in [6.07, 6.45) is 5.62. The molecule has 0 atom stereocenters. The fourth-order valence-corrected chi connectivity index (χ4v) is 1.44. The average Bonchev–Trinajstić information content (AvgIpc) is 2.29. The van der Waals surface area contributed by atoms with Gasteiger partial charge in [-0.2, -0.15) is 0 Å². The van der Waals surface area contributed by atoms with E-state index in [0.717, 1.165) is 18.4 Å². The van der Waals surface area contributed by atoms with Crippen LogP contribution < -0.4 is 5.32 Å². The molecule has 0 spiro atoms. The first-order chi connectivity index (χ1) is 8.22. The number of anilines is 1. The number of hydrogen-bond donors (Lipinski definition) is 1. The second-order valence-corrected chi connectivity index (χ2v) is 4.04. The molecule has 0 aliphatic rings. The van der Waals surface area contributed by atoms with E-state index in [1.54, 1.807) is 12.3 Å². The molecule has 17 heavy (non-hydrogen) atoms. The van der Waals surface area contributed by atoms with Crippen molar-refractivity contribution in [2.45, 2.75) is 39.5 Å². The van der Waals surface area contributed by atoms with E-state index in [9.17, 15) is 4.79 Å². The van der Waals surface area contributed by atoms with Crippen LogP contribution in [0, 0.1) is 6.92 Å². The summed E-state index contributed by atoms with van der Waals surface area (Å²) < 4.78 is 5.04. The minimum Gasteiger partial charge on any atom is -0.449 e. The van der Waals surface area contributed by atoms with Crippen LogP contribution in [-0.4, -0.2) is 17.7 Å². The predicted octanol–water partition coefficient (Wildman–Crippen LogP) is 3.52. The summed E-state index contributed by atoms with van der Waals surface area (Å²) in [5.41, 5.74) is 1.05. The highest BCUT2D eigenvalue weighted by atomic mass is 16.5. The molecule has 0 saturated heterocycles. The second kappa shape index (κ2) is 7.65. The molecule has 0 unspecified atom stereocenters. The summed E-state index contributed by atoms with van der Waals surface area (Å²) in [6, 6.07) is 3.68. The molecule has 4 heteroatoms. The normalized spacial score (nSPS) is 10.0. The first-order valence-electron chi connectivity index (χ1n) is 6.09. The Labute approximate surface area is 102 Å². The number of amides is 1. The molecule has 1 rings (SSSR count). The van der Waals surface area contributed by atoms with Crippen LogP contribution >= 0.6 is 0 Å². The number of aromatic nitrogens is 1. The van der Waals surface area contributed by atoms with Gasteiger partial charge in [0.05, 0.1) is 6.61 Å². The zero-order valence-electron chi connectivity index (χ0n) is 10.5. The maximum Gasteiger partial charge on any atom is 0.412 e. The second-order valence-electron chi connectivity index (χ2n) is 4.04. The Morgan fingerprint density at radius 1 is 1.41 bits per heavy atom. The van der Waals surface area contributed by atoms with Crippen LogP contribution in [0.4, 0.5) is 10.6 Å². The quantitative estimate of drug-likeness (QED) is 0.769. The lowest BCUT2D eigenvalue weighted by molar-refractivity contribution is 0.159. The Balaban J connectivity index is 2.21. The number of hydrogen-bond acceptors (Lipinski definition) is 3. The van der Waals surface area contributed by atoms with E-state index in [-0.39, 0.29) is 0 Å². The van der Waals surface area contributed by atoms with Gasteiger partial charge in [-0.15, -0.1) is 0 Å². The largest absolute Gasteiger partial charge is 0.449 e. The van der Waals surface area contributed by atoms with Crippen molar-refractivity contribution >= 4 is 11.9 Å². The van der Waals surface area contributed by atoms with Crippen LogP contribution in [0.15, 0.2) is 18.3 Å². The molecule has 4 nitrogen and oxygen atoms in total. The topological polar surface area (TPSA) is 51.2 Å². The molecule has 1 heterocycles. The number of nitrogens with one attached hydrogen (secondary N) is 1. The molecular weight excluding hydrogens is 216 g/mol. The number of ether oxygens (including phenoxy) is 1. The smallest absolute Gasteiger partial charge is 0.412 e. The molecule has 0 bridgehead atoms. The molecule has 1 aromatic heterocycles. The lowest BCUT2D eigenvalue weighted by Crippen LogP contribution is -2.15. The fourth-order valence-electron chi connectivity index (χ4n) is 1.44. The molecule has 0 fully saturated rings. The number of pyridine rings is 1. The van der Waals surface area contributed by atoms with Gasteiger partial charge < -0.3 is 4.74 Å². The summed E-state index contributed by atoms with van der Waals surface area (Å²) in [4.78, 5) is 15.4. The Hall–Kier alpha value is -1.58. The fraction of sp³-hybridized carbons (Fsp3) is 0.538. The van der Waals surface area contributed by atoms with Gasteiger partial charge in [0.1, 0.15) is 5.82 Å². The van der Waals surface area contributed by atoms with Gasteiger partial charge in [-0.05, 0) is 31.0 Å². The Bertz CT molecular complexity index is 353.